The predicted octanol–water partition coefficient (Wildman–Crippen LogP) is 3.55. The van der Waals surface area contributed by atoms with Gasteiger partial charge in [0.05, 0.1) is 18.8 Å². The van der Waals surface area contributed by atoms with Gasteiger partial charge in [-0.2, -0.15) is 13.2 Å². The fourth-order valence-electron chi connectivity index (χ4n) is 6.09. The summed E-state index contributed by atoms with van der Waals surface area (Å²) in [5, 5.41) is 2.80. The Morgan fingerprint density at radius 1 is 1.13 bits per heavy atom. The van der Waals surface area contributed by atoms with Gasteiger partial charge in [0.1, 0.15) is 25.8 Å². The number of likely N-dealkylation sites (tertiary alicyclic amines) is 2. The Hall–Kier alpha value is -2.61. The molecule has 1 aliphatic carbocycles. The smallest absolute Gasteiger partial charge is 0.366 e. The third kappa shape index (κ3) is 4.94. The molecule has 3 saturated heterocycles. The molecule has 3 aliphatic heterocycles. The molecular formula is C25H28F7N3O4. The molecule has 216 valence electrons. The Morgan fingerprint density at radius 3 is 2.44 bits per heavy atom. The number of alkyl halides is 6. The number of amides is 3. The van der Waals surface area contributed by atoms with Gasteiger partial charge >= 0.3 is 12.2 Å². The monoisotopic (exact) mass is 567 g/mol. The number of fused-ring (bicyclic) bond motifs is 1. The van der Waals surface area contributed by atoms with Crippen LogP contribution in [0.2, 0.25) is 0 Å². The number of rotatable bonds is 6. The van der Waals surface area contributed by atoms with Crippen LogP contribution < -0.4 is 5.32 Å². The molecule has 0 bridgehead atoms. The van der Waals surface area contributed by atoms with Crippen molar-refractivity contribution < 1.29 is 49.8 Å². The van der Waals surface area contributed by atoms with Crippen molar-refractivity contribution in [3.8, 4) is 0 Å². The summed E-state index contributed by atoms with van der Waals surface area (Å²) in [6.45, 7) is -3.38. The van der Waals surface area contributed by atoms with Crippen LogP contribution in [0.4, 0.5) is 35.5 Å². The van der Waals surface area contributed by atoms with Crippen molar-refractivity contribution in [1.29, 1.82) is 0 Å². The Labute approximate surface area is 219 Å². The molecule has 1 aromatic rings. The predicted molar refractivity (Wildman–Crippen MR) is 121 cm³/mol. The lowest BCUT2D eigenvalue weighted by molar-refractivity contribution is -0.348. The number of halogens is 7. The number of carbonyl (C=O) groups excluding carboxylic acids is 2. The van der Waals surface area contributed by atoms with Crippen LogP contribution in [0.3, 0.4) is 0 Å². The molecule has 5 rings (SSSR count). The number of benzene rings is 1. The highest BCUT2D eigenvalue weighted by Gasteiger charge is 2.72. The summed E-state index contributed by atoms with van der Waals surface area (Å²) >= 11 is 0. The quantitative estimate of drug-likeness (QED) is 0.534. The Balaban J connectivity index is 1.18. The zero-order chi connectivity index (χ0) is 28.2. The number of piperidine rings is 1. The lowest BCUT2D eigenvalue weighted by atomic mass is 9.54. The van der Waals surface area contributed by atoms with E-state index in [1.165, 1.54) is 4.90 Å². The number of urea groups is 1. The van der Waals surface area contributed by atoms with E-state index in [0.717, 1.165) is 12.1 Å². The van der Waals surface area contributed by atoms with E-state index in [2.05, 4.69) is 5.32 Å². The second kappa shape index (κ2) is 9.79. The third-order valence-corrected chi connectivity index (χ3v) is 8.25. The fraction of sp³-hybridized carbons (Fsp3) is 0.680. The van der Waals surface area contributed by atoms with E-state index in [9.17, 15) is 40.3 Å². The van der Waals surface area contributed by atoms with Crippen molar-refractivity contribution >= 4 is 11.9 Å². The highest BCUT2D eigenvalue weighted by molar-refractivity contribution is 5.79. The van der Waals surface area contributed by atoms with Crippen LogP contribution in [0.1, 0.15) is 30.4 Å². The lowest BCUT2D eigenvalue weighted by Gasteiger charge is -2.64. The minimum absolute atomic E-state index is 0.0264. The molecule has 1 spiro atoms. The summed E-state index contributed by atoms with van der Waals surface area (Å²) < 4.78 is 107. The van der Waals surface area contributed by atoms with Crippen LogP contribution in [-0.2, 0) is 26.5 Å². The van der Waals surface area contributed by atoms with Gasteiger partial charge in [-0.05, 0) is 30.9 Å². The first-order chi connectivity index (χ1) is 18.3. The van der Waals surface area contributed by atoms with Crippen molar-refractivity contribution in [2.75, 3.05) is 46.1 Å². The number of nitrogens with zero attached hydrogens (tertiary/aromatic N) is 2. The van der Waals surface area contributed by atoms with Crippen molar-refractivity contribution in [1.82, 2.24) is 15.1 Å². The number of ether oxygens (including phenoxy) is 2. The van der Waals surface area contributed by atoms with E-state index < -0.39 is 67.0 Å². The second-order valence-electron chi connectivity index (χ2n) is 11.1. The van der Waals surface area contributed by atoms with Gasteiger partial charge in [0.25, 0.3) is 0 Å². The Morgan fingerprint density at radius 2 is 1.82 bits per heavy atom. The Bertz CT molecular complexity index is 1120. The van der Waals surface area contributed by atoms with Gasteiger partial charge in [0, 0.05) is 37.2 Å². The second-order valence-corrected chi connectivity index (χ2v) is 11.1. The van der Waals surface area contributed by atoms with E-state index in [0.29, 0.717) is 19.0 Å². The first-order valence-electron chi connectivity index (χ1n) is 12.6. The molecule has 1 N–H and O–H groups in total. The molecule has 0 radical (unpaired) electrons. The molecule has 39 heavy (non-hydrogen) atoms. The summed E-state index contributed by atoms with van der Waals surface area (Å²) in [5.41, 5.74) is -7.27. The maximum Gasteiger partial charge on any atom is 0.417 e. The fourth-order valence-corrected chi connectivity index (χ4v) is 6.09. The zero-order valence-corrected chi connectivity index (χ0v) is 20.8. The number of morpholine rings is 1. The highest BCUT2D eigenvalue weighted by Crippen LogP contribution is 2.61. The van der Waals surface area contributed by atoms with Crippen LogP contribution in [-0.4, -0.2) is 91.8 Å². The molecular weight excluding hydrogens is 539 g/mol. The number of nitrogens with one attached hydrogen (secondary N) is 1. The van der Waals surface area contributed by atoms with Crippen LogP contribution >= 0.6 is 0 Å². The minimum Gasteiger partial charge on any atom is -0.366 e. The summed E-state index contributed by atoms with van der Waals surface area (Å²) in [6.07, 6.45) is -5.25. The third-order valence-electron chi connectivity index (χ3n) is 8.25. The molecule has 0 unspecified atom stereocenters. The maximum absolute atomic E-state index is 14.5. The molecule has 4 fully saturated rings. The van der Waals surface area contributed by atoms with Crippen molar-refractivity contribution in [3.63, 3.8) is 0 Å². The van der Waals surface area contributed by atoms with Gasteiger partial charge in [-0.15, -0.1) is 0 Å². The van der Waals surface area contributed by atoms with Gasteiger partial charge < -0.3 is 24.6 Å². The molecule has 2 atom stereocenters. The molecule has 14 heteroatoms. The number of hydrogen-bond donors (Lipinski definition) is 1. The van der Waals surface area contributed by atoms with Crippen LogP contribution in [0, 0.1) is 11.2 Å². The molecule has 3 amide bonds. The van der Waals surface area contributed by atoms with Crippen molar-refractivity contribution in [2.24, 2.45) is 5.41 Å². The van der Waals surface area contributed by atoms with Gasteiger partial charge in [-0.25, -0.2) is 22.4 Å². The van der Waals surface area contributed by atoms with E-state index in [4.69, 9.17) is 9.47 Å². The summed E-state index contributed by atoms with van der Waals surface area (Å²) in [6, 6.07) is 1.78. The normalized spacial score (nSPS) is 26.0. The molecule has 1 aromatic carbocycles. The maximum atomic E-state index is 14.5. The summed E-state index contributed by atoms with van der Waals surface area (Å²) in [7, 11) is 0. The molecule has 1 saturated carbocycles. The molecule has 4 aliphatic rings. The van der Waals surface area contributed by atoms with Gasteiger partial charge in [0.2, 0.25) is 5.91 Å². The standard InChI is InChI=1S/C25H28F7N3O4/c26-11-23(29,12-27)16-2-1-15(17(28)5-16)7-39-24(25(30,31)32)9-22(10-24)13-35(14-22)21(37)34-4-3-19-18(6-34)33-20(36)8-38-19/h1-2,5,18-19H,3-4,6-14H2,(H,33,36)/t18-,19+/m1/s1. The van der Waals surface area contributed by atoms with Crippen molar-refractivity contribution in [2.45, 2.75) is 55.5 Å². The van der Waals surface area contributed by atoms with Gasteiger partial charge in [-0.1, -0.05) is 12.1 Å². The molecule has 7 nitrogen and oxygen atoms in total. The molecule has 0 aromatic heterocycles. The summed E-state index contributed by atoms with van der Waals surface area (Å²) in [5.74, 6) is -1.40. The van der Waals surface area contributed by atoms with Gasteiger partial charge in [-0.3, -0.25) is 4.79 Å². The van der Waals surface area contributed by atoms with Crippen LogP contribution in [0.25, 0.3) is 0 Å². The first kappa shape index (κ1) is 27.9. The van der Waals surface area contributed by atoms with E-state index in [-0.39, 0.29) is 55.9 Å². The van der Waals surface area contributed by atoms with Crippen LogP contribution in [0.15, 0.2) is 18.2 Å². The zero-order valence-electron chi connectivity index (χ0n) is 20.8. The van der Waals surface area contributed by atoms with E-state index in [1.54, 1.807) is 4.90 Å². The number of hydrogen-bond acceptors (Lipinski definition) is 4. The van der Waals surface area contributed by atoms with Crippen molar-refractivity contribution in [3.05, 3.63) is 35.1 Å². The van der Waals surface area contributed by atoms with Gasteiger partial charge in [0.15, 0.2) is 11.3 Å². The average molecular weight is 568 g/mol. The molecule has 3 heterocycles. The lowest BCUT2D eigenvalue weighted by Crippen LogP contribution is -2.74. The topological polar surface area (TPSA) is 71.1 Å². The largest absolute Gasteiger partial charge is 0.417 e. The Kier molecular flexibility index (Phi) is 7.01. The van der Waals surface area contributed by atoms with Crippen LogP contribution in [0.5, 0.6) is 0 Å². The minimum atomic E-state index is -4.77. The highest BCUT2D eigenvalue weighted by atomic mass is 19.4. The van der Waals surface area contributed by atoms with E-state index in [1.807, 2.05) is 0 Å². The summed E-state index contributed by atoms with van der Waals surface area (Å²) in [4.78, 5) is 27.6. The first-order valence-corrected chi connectivity index (χ1v) is 12.6. The SMILES string of the molecule is O=C1CO[C@H]2CCN(C(=O)N3CC4(C3)CC(OCc3ccc(C(F)(CF)CF)cc3F)(C(F)(F)F)C4)C[C@H]2N1. The average Bonchev–Trinajstić information content (AvgIpc) is 2.85. The van der Waals surface area contributed by atoms with E-state index >= 15 is 0 Å². The number of carbonyl (C=O) groups is 2.